The fourth-order valence-corrected chi connectivity index (χ4v) is 7.38. The van der Waals surface area contributed by atoms with Crippen LogP contribution in [0.4, 0.5) is 34.1 Å². The average Bonchev–Trinajstić information content (AvgIpc) is 3.18. The van der Waals surface area contributed by atoms with E-state index in [4.69, 9.17) is 16.2 Å². The molecule has 8 rings (SSSR count). The van der Waals surface area contributed by atoms with Gasteiger partial charge in [0.1, 0.15) is 15.9 Å². The van der Waals surface area contributed by atoms with Crippen molar-refractivity contribution in [3.05, 3.63) is 165 Å². The van der Waals surface area contributed by atoms with Crippen LogP contribution < -0.4 is 56.4 Å². The first kappa shape index (κ1) is 40.6. The number of aryl methyl sites for hydroxylation is 2. The van der Waals surface area contributed by atoms with Crippen molar-refractivity contribution in [2.75, 3.05) is 29.2 Å². The van der Waals surface area contributed by atoms with Gasteiger partial charge in [0.25, 0.3) is 0 Å². The van der Waals surface area contributed by atoms with Gasteiger partial charge in [0.15, 0.2) is 23.1 Å². The van der Waals surface area contributed by atoms with Gasteiger partial charge >= 0.3 is 29.6 Å². The Morgan fingerprint density at radius 2 is 0.895 bits per heavy atom. The number of nitrogen functional groups attached to an aromatic ring is 2. The Kier molecular flexibility index (Phi) is 11.3. The van der Waals surface area contributed by atoms with Crippen molar-refractivity contribution in [3.63, 3.8) is 0 Å². The Balaban J connectivity index is 0.000000190. The number of hydrogen-bond donors (Lipinski definition) is 4. The maximum atomic E-state index is 13.2. The van der Waals surface area contributed by atoms with Crippen molar-refractivity contribution in [1.82, 2.24) is 0 Å². The molecule has 57 heavy (non-hydrogen) atoms. The summed E-state index contributed by atoms with van der Waals surface area (Å²) in [5.41, 5.74) is 16.9. The zero-order valence-electron chi connectivity index (χ0n) is 31.2. The van der Waals surface area contributed by atoms with E-state index < -0.39 is 32.3 Å². The molecule has 0 aliphatic heterocycles. The average molecular weight is 789 g/mol. The molecule has 6 aromatic rings. The predicted octanol–water partition coefficient (Wildman–Crippen LogP) is 4.11. The van der Waals surface area contributed by atoms with Gasteiger partial charge in [-0.15, -0.1) is 0 Å². The number of fused-ring (bicyclic) bond motifs is 4. The van der Waals surface area contributed by atoms with Crippen molar-refractivity contribution >= 4 is 67.4 Å². The minimum atomic E-state index is -4.99. The standard InChI is InChI=1S/C22H18N2O3.C21H16N2O5S.Na/c1-12-7-9-13(10-8-12)24-16-11-17(27-2)20(23)19-18(16)21(25)14-5-3-4-6-15(14)22(19)26;1-11-6-8-12(9-7-11)23-15-10-16(29(26,27)28)19(22)18-17(15)20(24)13-4-2-3-5-14(13)21(18)25;/h3-11,24H,23H2,1-2H3;2-10,23H,22H2,1H3,(H,26,27,28);/q;;+1/p-1. The van der Waals surface area contributed by atoms with Crippen LogP contribution in [0.25, 0.3) is 0 Å². The molecule has 6 aromatic carbocycles. The molecule has 0 heterocycles. The van der Waals surface area contributed by atoms with E-state index in [1.165, 1.54) is 19.2 Å². The first-order valence-electron chi connectivity index (χ1n) is 17.2. The summed E-state index contributed by atoms with van der Waals surface area (Å²) >= 11 is 0. The van der Waals surface area contributed by atoms with Gasteiger partial charge in [0, 0.05) is 39.7 Å². The molecule has 0 aromatic heterocycles. The van der Waals surface area contributed by atoms with Gasteiger partial charge < -0.3 is 31.4 Å². The Hall–Kier alpha value is -6.09. The van der Waals surface area contributed by atoms with Crippen molar-refractivity contribution in [2.24, 2.45) is 0 Å². The summed E-state index contributed by atoms with van der Waals surface area (Å²) in [5, 5.41) is 6.18. The van der Waals surface area contributed by atoms with E-state index in [1.54, 1.807) is 54.6 Å². The molecule has 12 nitrogen and oxygen atoms in total. The van der Waals surface area contributed by atoms with Gasteiger partial charge in [0.05, 0.1) is 57.0 Å². The van der Waals surface area contributed by atoms with Crippen molar-refractivity contribution in [2.45, 2.75) is 18.7 Å². The summed E-state index contributed by atoms with van der Waals surface area (Å²) in [5.74, 6) is -1.24. The molecule has 0 amide bonds. The second kappa shape index (κ2) is 15.8. The number of ketones is 4. The van der Waals surface area contributed by atoms with Crippen LogP contribution >= 0.6 is 0 Å². The number of benzene rings is 6. The number of hydrogen-bond acceptors (Lipinski definition) is 12. The summed E-state index contributed by atoms with van der Waals surface area (Å²) < 4.78 is 40.6. The molecular formula is C43H33N4NaO8S. The molecule has 0 atom stereocenters. The van der Waals surface area contributed by atoms with Crippen LogP contribution in [-0.4, -0.2) is 43.2 Å². The zero-order valence-corrected chi connectivity index (χ0v) is 34.0. The number of nitrogens with one attached hydrogen (secondary N) is 2. The molecular weight excluding hydrogens is 756 g/mol. The normalized spacial score (nSPS) is 12.5. The number of nitrogens with two attached hydrogens (primary N) is 2. The predicted molar refractivity (Wildman–Crippen MR) is 212 cm³/mol. The summed E-state index contributed by atoms with van der Waals surface area (Å²) in [6, 6.07) is 30.5. The Labute approximate surface area is 350 Å². The van der Waals surface area contributed by atoms with E-state index in [9.17, 15) is 32.1 Å². The molecule has 0 fully saturated rings. The van der Waals surface area contributed by atoms with E-state index >= 15 is 0 Å². The fraction of sp³-hybridized carbons (Fsp3) is 0.0698. The van der Waals surface area contributed by atoms with Gasteiger partial charge in [-0.2, -0.15) is 0 Å². The molecule has 0 unspecified atom stereocenters. The Morgan fingerprint density at radius 1 is 0.544 bits per heavy atom. The van der Waals surface area contributed by atoms with Crippen molar-refractivity contribution in [3.8, 4) is 5.75 Å². The minimum Gasteiger partial charge on any atom is -0.744 e. The molecule has 0 saturated carbocycles. The maximum absolute atomic E-state index is 13.2. The van der Waals surface area contributed by atoms with Gasteiger partial charge in [-0.3, -0.25) is 19.2 Å². The van der Waals surface area contributed by atoms with Crippen LogP contribution in [0.3, 0.4) is 0 Å². The van der Waals surface area contributed by atoms with E-state index in [0.717, 1.165) is 22.9 Å². The Morgan fingerprint density at radius 3 is 1.26 bits per heavy atom. The van der Waals surface area contributed by atoms with Crippen LogP contribution in [0.15, 0.2) is 114 Å². The third-order valence-corrected chi connectivity index (χ3v) is 10.4. The van der Waals surface area contributed by atoms with Crippen LogP contribution in [0.5, 0.6) is 5.75 Å². The number of carbonyl (C=O) groups is 4. The van der Waals surface area contributed by atoms with Crippen molar-refractivity contribution in [1.29, 1.82) is 0 Å². The summed E-state index contributed by atoms with van der Waals surface area (Å²) in [6.45, 7) is 3.90. The van der Waals surface area contributed by atoms with E-state index in [0.29, 0.717) is 28.3 Å². The molecule has 0 bridgehead atoms. The molecule has 2 aliphatic carbocycles. The summed E-state index contributed by atoms with van der Waals surface area (Å²) in [4.78, 5) is 51.7. The quantitative estimate of drug-likeness (QED) is 0.107. The second-order valence-electron chi connectivity index (χ2n) is 13.2. The zero-order chi connectivity index (χ0) is 40.1. The van der Waals surface area contributed by atoms with Crippen LogP contribution in [0.2, 0.25) is 0 Å². The summed E-state index contributed by atoms with van der Waals surface area (Å²) in [7, 11) is -3.50. The number of carbonyl (C=O) groups excluding carboxylic acids is 4. The topological polar surface area (TPSA) is 211 Å². The smallest absolute Gasteiger partial charge is 0.744 e. The molecule has 0 saturated heterocycles. The monoisotopic (exact) mass is 788 g/mol. The molecule has 6 N–H and O–H groups in total. The molecule has 0 spiro atoms. The number of rotatable bonds is 6. The largest absolute Gasteiger partial charge is 1.00 e. The second-order valence-corrected chi connectivity index (χ2v) is 14.6. The number of methoxy groups -OCH3 is 1. The SMILES string of the molecule is COc1cc(Nc2ccc(C)cc2)c2c(c1N)C(=O)c1ccccc1C2=O.Cc1ccc(Nc2cc(S(=O)(=O)[O-])c(N)c3c2C(=O)c2ccccc2C3=O)cc1.[Na+]. The summed E-state index contributed by atoms with van der Waals surface area (Å²) in [6.07, 6.45) is 0. The third kappa shape index (κ3) is 7.46. The maximum Gasteiger partial charge on any atom is 1.00 e. The molecule has 14 heteroatoms. The fourth-order valence-electron chi connectivity index (χ4n) is 6.75. The van der Waals surface area contributed by atoms with Crippen molar-refractivity contribution < 1.29 is 66.4 Å². The minimum absolute atomic E-state index is 0. The van der Waals surface area contributed by atoms with Gasteiger partial charge in [-0.05, 0) is 44.2 Å². The van der Waals surface area contributed by atoms with E-state index in [-0.39, 0.29) is 85.9 Å². The Bertz CT molecular complexity index is 2770. The molecule has 2 aliphatic rings. The molecule has 280 valence electrons. The first-order valence-corrected chi connectivity index (χ1v) is 18.6. The van der Waals surface area contributed by atoms with E-state index in [1.807, 2.05) is 50.2 Å². The van der Waals surface area contributed by atoms with Gasteiger partial charge in [-0.25, -0.2) is 8.42 Å². The van der Waals surface area contributed by atoms with Crippen LogP contribution in [0.1, 0.15) is 74.8 Å². The first-order chi connectivity index (χ1) is 26.7. The van der Waals surface area contributed by atoms with Crippen LogP contribution in [-0.2, 0) is 10.1 Å². The third-order valence-electron chi connectivity index (χ3n) is 9.55. The molecule has 0 radical (unpaired) electrons. The van der Waals surface area contributed by atoms with Gasteiger partial charge in [0.2, 0.25) is 0 Å². The van der Waals surface area contributed by atoms with Crippen LogP contribution in [0, 0.1) is 13.8 Å². The number of ether oxygens (including phenoxy) is 1. The van der Waals surface area contributed by atoms with Gasteiger partial charge in [-0.1, -0.05) is 83.9 Å². The number of anilines is 6. The van der Waals surface area contributed by atoms with E-state index in [2.05, 4.69) is 10.6 Å².